The third-order valence-corrected chi connectivity index (χ3v) is 9.05. The molecule has 1 fully saturated rings. The van der Waals surface area contributed by atoms with Crippen LogP contribution in [0.2, 0.25) is 0 Å². The molecule has 2 aromatic carbocycles. The quantitative estimate of drug-likeness (QED) is 0.347. The highest BCUT2D eigenvalue weighted by Crippen LogP contribution is 2.39. The lowest BCUT2D eigenvalue weighted by Crippen LogP contribution is -2.49. The van der Waals surface area contributed by atoms with Crippen LogP contribution in [0.5, 0.6) is 0 Å². The van der Waals surface area contributed by atoms with E-state index >= 15 is 0 Å². The Hall–Kier alpha value is -3.29. The Balaban J connectivity index is 1.29. The molecule has 2 aliphatic rings. The van der Waals surface area contributed by atoms with Crippen molar-refractivity contribution in [3.63, 3.8) is 0 Å². The van der Waals surface area contributed by atoms with Crippen LogP contribution in [-0.2, 0) is 25.8 Å². The molecule has 0 saturated carbocycles. The maximum atomic E-state index is 13.2. The fourth-order valence-electron chi connectivity index (χ4n) is 5.61. The van der Waals surface area contributed by atoms with Gasteiger partial charge in [0.15, 0.2) is 0 Å². The maximum Gasteiger partial charge on any atom is 0.253 e. The first kappa shape index (κ1) is 25.0. The van der Waals surface area contributed by atoms with Crippen molar-refractivity contribution in [3.05, 3.63) is 87.6 Å². The Morgan fingerprint density at radius 2 is 1.66 bits per heavy atom. The van der Waals surface area contributed by atoms with Crippen molar-refractivity contribution >= 4 is 33.3 Å². The van der Waals surface area contributed by atoms with E-state index in [4.69, 9.17) is 9.97 Å². The number of benzene rings is 2. The van der Waals surface area contributed by atoms with Crippen molar-refractivity contribution in [2.24, 2.45) is 0 Å². The SMILES string of the molecule is CCc1ccc(C(=O)N2CCN(c3nc(Cc4ccccc4)nc4sc5c(c34)CCN(CC)C5)CC2)cc1. The Bertz CT molecular complexity index is 1420. The number of anilines is 1. The third kappa shape index (κ3) is 4.93. The van der Waals surface area contributed by atoms with Gasteiger partial charge in [0.25, 0.3) is 5.91 Å². The highest BCUT2D eigenvalue weighted by atomic mass is 32.1. The van der Waals surface area contributed by atoms with Gasteiger partial charge in [0.05, 0.1) is 5.39 Å². The summed E-state index contributed by atoms with van der Waals surface area (Å²) in [6.07, 6.45) is 2.75. The standard InChI is InChI=1S/C31H35N5OS/c1-3-22-10-12-24(13-11-22)31(37)36-18-16-35(17-19-36)29-28-25-14-15-34(4-2)21-26(25)38-30(28)33-27(32-29)20-23-8-6-5-7-9-23/h5-13H,3-4,14-21H2,1-2H3. The molecule has 38 heavy (non-hydrogen) atoms. The zero-order chi connectivity index (χ0) is 26.1. The first-order valence-corrected chi connectivity index (χ1v) is 14.6. The van der Waals surface area contributed by atoms with Gasteiger partial charge in [0, 0.05) is 56.1 Å². The maximum absolute atomic E-state index is 13.2. The van der Waals surface area contributed by atoms with Crippen LogP contribution < -0.4 is 4.90 Å². The molecule has 0 bridgehead atoms. The molecule has 0 atom stereocenters. The number of piperazine rings is 1. The van der Waals surface area contributed by atoms with E-state index in [0.29, 0.717) is 13.1 Å². The number of aromatic nitrogens is 2. The summed E-state index contributed by atoms with van der Waals surface area (Å²) in [5.74, 6) is 2.06. The zero-order valence-electron chi connectivity index (χ0n) is 22.3. The van der Waals surface area contributed by atoms with Gasteiger partial charge in [-0.15, -0.1) is 11.3 Å². The molecule has 1 saturated heterocycles. The summed E-state index contributed by atoms with van der Waals surface area (Å²) >= 11 is 1.84. The van der Waals surface area contributed by atoms with Crippen LogP contribution in [0.4, 0.5) is 5.82 Å². The van der Waals surface area contributed by atoms with Crippen LogP contribution in [0, 0.1) is 0 Å². The Kier molecular flexibility index (Phi) is 7.13. The molecule has 4 aromatic rings. The number of nitrogens with zero attached hydrogens (tertiary/aromatic N) is 5. The van der Waals surface area contributed by atoms with E-state index in [-0.39, 0.29) is 5.91 Å². The Labute approximate surface area is 228 Å². The van der Waals surface area contributed by atoms with Gasteiger partial charge in [-0.05, 0) is 48.2 Å². The topological polar surface area (TPSA) is 52.6 Å². The molecule has 0 radical (unpaired) electrons. The minimum Gasteiger partial charge on any atom is -0.352 e. The molecule has 196 valence electrons. The molecule has 0 unspecified atom stereocenters. The van der Waals surface area contributed by atoms with Gasteiger partial charge < -0.3 is 9.80 Å². The third-order valence-electron chi connectivity index (χ3n) is 7.93. The first-order chi connectivity index (χ1) is 18.6. The molecule has 4 heterocycles. The van der Waals surface area contributed by atoms with Crippen molar-refractivity contribution < 1.29 is 4.79 Å². The van der Waals surface area contributed by atoms with Gasteiger partial charge >= 0.3 is 0 Å². The second kappa shape index (κ2) is 10.8. The van der Waals surface area contributed by atoms with Crippen molar-refractivity contribution in [2.75, 3.05) is 44.2 Å². The predicted molar refractivity (Wildman–Crippen MR) is 155 cm³/mol. The Morgan fingerprint density at radius 3 is 2.37 bits per heavy atom. The number of hydrogen-bond donors (Lipinski definition) is 0. The molecule has 6 nitrogen and oxygen atoms in total. The summed E-state index contributed by atoms with van der Waals surface area (Å²) in [5, 5.41) is 1.24. The van der Waals surface area contributed by atoms with Crippen molar-refractivity contribution in [3.8, 4) is 0 Å². The Morgan fingerprint density at radius 1 is 0.895 bits per heavy atom. The average molecular weight is 526 g/mol. The molecule has 7 heteroatoms. The zero-order valence-corrected chi connectivity index (χ0v) is 23.1. The van der Waals surface area contributed by atoms with Crippen LogP contribution >= 0.6 is 11.3 Å². The van der Waals surface area contributed by atoms with Gasteiger partial charge in [0.1, 0.15) is 16.5 Å². The van der Waals surface area contributed by atoms with E-state index in [9.17, 15) is 4.79 Å². The number of rotatable bonds is 6. The minimum atomic E-state index is 0.123. The minimum absolute atomic E-state index is 0.123. The largest absolute Gasteiger partial charge is 0.352 e. The number of carbonyl (C=O) groups is 1. The van der Waals surface area contributed by atoms with E-state index < -0.39 is 0 Å². The smallest absolute Gasteiger partial charge is 0.253 e. The molecule has 0 N–H and O–H groups in total. The summed E-state index contributed by atoms with van der Waals surface area (Å²) < 4.78 is 0. The van der Waals surface area contributed by atoms with Crippen LogP contribution in [-0.4, -0.2) is 64.9 Å². The predicted octanol–water partition coefficient (Wildman–Crippen LogP) is 5.18. The number of hydrogen-bond acceptors (Lipinski definition) is 6. The van der Waals surface area contributed by atoms with Crippen LogP contribution in [0.15, 0.2) is 54.6 Å². The molecule has 2 aromatic heterocycles. The fraction of sp³-hybridized carbons (Fsp3) is 0.387. The molecule has 2 aliphatic heterocycles. The van der Waals surface area contributed by atoms with E-state index in [1.807, 2.05) is 34.4 Å². The van der Waals surface area contributed by atoms with E-state index in [0.717, 1.165) is 74.0 Å². The van der Waals surface area contributed by atoms with Crippen molar-refractivity contribution in [2.45, 2.75) is 39.7 Å². The highest BCUT2D eigenvalue weighted by Gasteiger charge is 2.29. The van der Waals surface area contributed by atoms with Crippen molar-refractivity contribution in [1.29, 1.82) is 0 Å². The van der Waals surface area contributed by atoms with Gasteiger partial charge in [-0.25, -0.2) is 9.97 Å². The summed E-state index contributed by atoms with van der Waals surface area (Å²) in [5.41, 5.74) is 4.69. The number of fused-ring (bicyclic) bond motifs is 3. The monoisotopic (exact) mass is 525 g/mol. The fourth-order valence-corrected chi connectivity index (χ4v) is 6.89. The second-order valence-corrected chi connectivity index (χ2v) is 11.3. The molecule has 0 spiro atoms. The molecule has 0 aliphatic carbocycles. The highest BCUT2D eigenvalue weighted by molar-refractivity contribution is 7.19. The first-order valence-electron chi connectivity index (χ1n) is 13.8. The van der Waals surface area contributed by atoms with Crippen LogP contribution in [0.1, 0.15) is 51.6 Å². The molecule has 1 amide bonds. The lowest BCUT2D eigenvalue weighted by molar-refractivity contribution is 0.0746. The lowest BCUT2D eigenvalue weighted by atomic mass is 10.0. The summed E-state index contributed by atoms with van der Waals surface area (Å²) in [7, 11) is 0. The number of thiophene rings is 1. The number of aryl methyl sites for hydroxylation is 1. The summed E-state index contributed by atoms with van der Waals surface area (Å²) in [4.78, 5) is 32.9. The lowest BCUT2D eigenvalue weighted by Gasteiger charge is -2.36. The van der Waals surface area contributed by atoms with E-state index in [1.54, 1.807) is 0 Å². The molecule has 6 rings (SSSR count). The number of amides is 1. The van der Waals surface area contributed by atoms with E-state index in [1.165, 1.54) is 27.0 Å². The summed E-state index contributed by atoms with van der Waals surface area (Å²) in [6.45, 7) is 10.5. The van der Waals surface area contributed by atoms with E-state index in [2.05, 4.69) is 60.0 Å². The van der Waals surface area contributed by atoms with Gasteiger partial charge in [0.2, 0.25) is 0 Å². The number of carbonyl (C=O) groups excluding carboxylic acids is 1. The number of likely N-dealkylation sites (N-methyl/N-ethyl adjacent to an activating group) is 1. The molecular weight excluding hydrogens is 490 g/mol. The van der Waals surface area contributed by atoms with Crippen LogP contribution in [0.25, 0.3) is 10.2 Å². The van der Waals surface area contributed by atoms with Gasteiger partial charge in [-0.1, -0.05) is 56.3 Å². The van der Waals surface area contributed by atoms with Crippen molar-refractivity contribution in [1.82, 2.24) is 19.8 Å². The average Bonchev–Trinajstić information content (AvgIpc) is 3.34. The molecular formula is C31H35N5OS. The van der Waals surface area contributed by atoms with Crippen LogP contribution in [0.3, 0.4) is 0 Å². The normalized spacial score (nSPS) is 16.2. The van der Waals surface area contributed by atoms with Gasteiger partial charge in [-0.2, -0.15) is 0 Å². The van der Waals surface area contributed by atoms with Gasteiger partial charge in [-0.3, -0.25) is 9.69 Å². The summed E-state index contributed by atoms with van der Waals surface area (Å²) in [6, 6.07) is 18.5. The second-order valence-electron chi connectivity index (χ2n) is 10.3.